The fraction of sp³-hybridized carbons (Fsp3) is 0.417. The Morgan fingerprint density at radius 3 is 3.11 bits per heavy atom. The van der Waals surface area contributed by atoms with Crippen molar-refractivity contribution in [3.05, 3.63) is 24.4 Å². The van der Waals surface area contributed by atoms with E-state index in [1.807, 2.05) is 18.2 Å². The molecule has 1 atom stereocenters. The molecule has 18 heavy (non-hydrogen) atoms. The molecule has 0 amide bonds. The molecule has 0 aromatic carbocycles. The SMILES string of the molecule is NC1CCCN(c2n[nH]c(-c3ccccn3)n2)C1. The number of aromatic nitrogens is 4. The Morgan fingerprint density at radius 1 is 1.39 bits per heavy atom. The Morgan fingerprint density at radius 2 is 2.33 bits per heavy atom. The molecule has 0 spiro atoms. The van der Waals surface area contributed by atoms with E-state index in [2.05, 4.69) is 25.1 Å². The quantitative estimate of drug-likeness (QED) is 0.816. The van der Waals surface area contributed by atoms with E-state index in [1.54, 1.807) is 6.20 Å². The summed E-state index contributed by atoms with van der Waals surface area (Å²) in [6.07, 6.45) is 3.91. The maximum atomic E-state index is 5.96. The van der Waals surface area contributed by atoms with E-state index in [0.29, 0.717) is 11.8 Å². The van der Waals surface area contributed by atoms with Crippen LogP contribution in [0.5, 0.6) is 0 Å². The van der Waals surface area contributed by atoms with Crippen LogP contribution in [0.4, 0.5) is 5.95 Å². The summed E-state index contributed by atoms with van der Waals surface area (Å²) >= 11 is 0. The fourth-order valence-corrected chi connectivity index (χ4v) is 2.20. The van der Waals surface area contributed by atoms with Crippen molar-refractivity contribution < 1.29 is 0 Å². The number of hydrogen-bond acceptors (Lipinski definition) is 5. The van der Waals surface area contributed by atoms with Crippen LogP contribution in [0.25, 0.3) is 11.5 Å². The van der Waals surface area contributed by atoms with Gasteiger partial charge in [-0.15, -0.1) is 5.10 Å². The maximum Gasteiger partial charge on any atom is 0.245 e. The van der Waals surface area contributed by atoms with E-state index in [0.717, 1.165) is 31.6 Å². The van der Waals surface area contributed by atoms with Crippen molar-refractivity contribution in [2.24, 2.45) is 5.73 Å². The highest BCUT2D eigenvalue weighted by atomic mass is 15.4. The van der Waals surface area contributed by atoms with Gasteiger partial charge in [-0.3, -0.25) is 10.1 Å². The predicted octanol–water partition coefficient (Wildman–Crippen LogP) is 0.794. The molecule has 1 saturated heterocycles. The molecule has 94 valence electrons. The van der Waals surface area contributed by atoms with Crippen molar-refractivity contribution in [3.8, 4) is 11.5 Å². The molecule has 0 radical (unpaired) electrons. The third-order valence-electron chi connectivity index (χ3n) is 3.12. The van der Waals surface area contributed by atoms with Crippen LogP contribution in [0.3, 0.4) is 0 Å². The van der Waals surface area contributed by atoms with Gasteiger partial charge in [0.1, 0.15) is 5.69 Å². The van der Waals surface area contributed by atoms with Gasteiger partial charge >= 0.3 is 0 Å². The summed E-state index contributed by atoms with van der Waals surface area (Å²) in [5, 5.41) is 7.17. The Hall–Kier alpha value is -1.95. The monoisotopic (exact) mass is 244 g/mol. The third-order valence-corrected chi connectivity index (χ3v) is 3.12. The molecule has 0 aliphatic carbocycles. The molecule has 1 aliphatic rings. The zero-order chi connectivity index (χ0) is 12.4. The Kier molecular flexibility index (Phi) is 2.93. The van der Waals surface area contributed by atoms with Gasteiger partial charge in [-0.25, -0.2) is 0 Å². The number of nitrogens with two attached hydrogens (primary N) is 1. The second-order valence-electron chi connectivity index (χ2n) is 4.55. The minimum atomic E-state index is 0.218. The summed E-state index contributed by atoms with van der Waals surface area (Å²) in [4.78, 5) is 10.8. The number of H-pyrrole nitrogens is 1. The first-order chi connectivity index (χ1) is 8.83. The van der Waals surface area contributed by atoms with E-state index >= 15 is 0 Å². The van der Waals surface area contributed by atoms with Crippen molar-refractivity contribution in [2.75, 3.05) is 18.0 Å². The van der Waals surface area contributed by atoms with Gasteiger partial charge in [-0.1, -0.05) is 6.07 Å². The molecular weight excluding hydrogens is 228 g/mol. The van der Waals surface area contributed by atoms with Gasteiger partial charge < -0.3 is 10.6 Å². The average Bonchev–Trinajstić information content (AvgIpc) is 2.89. The van der Waals surface area contributed by atoms with Crippen LogP contribution < -0.4 is 10.6 Å². The minimum absolute atomic E-state index is 0.218. The number of nitrogens with zero attached hydrogens (tertiary/aromatic N) is 4. The van der Waals surface area contributed by atoms with Crippen molar-refractivity contribution in [2.45, 2.75) is 18.9 Å². The lowest BCUT2D eigenvalue weighted by atomic mass is 10.1. The van der Waals surface area contributed by atoms with Crippen LogP contribution in [-0.2, 0) is 0 Å². The highest BCUT2D eigenvalue weighted by Gasteiger charge is 2.20. The third kappa shape index (κ3) is 2.19. The van der Waals surface area contributed by atoms with E-state index in [9.17, 15) is 0 Å². The van der Waals surface area contributed by atoms with E-state index < -0.39 is 0 Å². The molecule has 0 bridgehead atoms. The molecule has 1 aliphatic heterocycles. The number of pyridine rings is 1. The van der Waals surface area contributed by atoms with Gasteiger partial charge in [0.2, 0.25) is 5.95 Å². The molecule has 0 saturated carbocycles. The maximum absolute atomic E-state index is 5.96. The first-order valence-electron chi connectivity index (χ1n) is 6.17. The number of aromatic amines is 1. The number of nitrogens with one attached hydrogen (secondary N) is 1. The molecule has 3 heterocycles. The summed E-state index contributed by atoms with van der Waals surface area (Å²) < 4.78 is 0. The molecule has 3 N–H and O–H groups in total. The van der Waals surface area contributed by atoms with Gasteiger partial charge in [-0.2, -0.15) is 4.98 Å². The summed E-state index contributed by atoms with van der Waals surface area (Å²) in [7, 11) is 0. The van der Waals surface area contributed by atoms with Crippen LogP contribution in [0.2, 0.25) is 0 Å². The molecule has 1 fully saturated rings. The van der Waals surface area contributed by atoms with Crippen LogP contribution in [0.1, 0.15) is 12.8 Å². The molecule has 6 heteroatoms. The Labute approximate surface area is 105 Å². The molecular formula is C12H16N6. The Balaban J connectivity index is 1.81. The lowest BCUT2D eigenvalue weighted by Gasteiger charge is -2.29. The smallest absolute Gasteiger partial charge is 0.245 e. The van der Waals surface area contributed by atoms with Crippen LogP contribution in [0.15, 0.2) is 24.4 Å². The van der Waals surface area contributed by atoms with Gasteiger partial charge in [0.15, 0.2) is 5.82 Å². The van der Waals surface area contributed by atoms with Crippen LogP contribution >= 0.6 is 0 Å². The second-order valence-corrected chi connectivity index (χ2v) is 4.55. The average molecular weight is 244 g/mol. The van der Waals surface area contributed by atoms with Crippen molar-refractivity contribution in [1.29, 1.82) is 0 Å². The molecule has 2 aromatic rings. The summed E-state index contributed by atoms with van der Waals surface area (Å²) in [6.45, 7) is 1.78. The topological polar surface area (TPSA) is 83.7 Å². The number of piperidine rings is 1. The van der Waals surface area contributed by atoms with Crippen molar-refractivity contribution in [3.63, 3.8) is 0 Å². The lowest BCUT2D eigenvalue weighted by molar-refractivity contribution is 0.500. The van der Waals surface area contributed by atoms with E-state index in [4.69, 9.17) is 5.73 Å². The minimum Gasteiger partial charge on any atom is -0.338 e. The highest BCUT2D eigenvalue weighted by Crippen LogP contribution is 2.18. The predicted molar refractivity (Wildman–Crippen MR) is 69.0 cm³/mol. The standard InChI is InChI=1S/C12H16N6/c13-9-4-3-7-18(8-9)12-15-11(16-17-12)10-5-1-2-6-14-10/h1-2,5-6,9H,3-4,7-8,13H2,(H,15,16,17). The largest absolute Gasteiger partial charge is 0.338 e. The second kappa shape index (κ2) is 4.73. The molecule has 3 rings (SSSR count). The highest BCUT2D eigenvalue weighted by molar-refractivity contribution is 5.50. The Bertz CT molecular complexity index is 508. The molecule has 2 aromatic heterocycles. The van der Waals surface area contributed by atoms with Crippen molar-refractivity contribution in [1.82, 2.24) is 20.2 Å². The van der Waals surface area contributed by atoms with Gasteiger partial charge in [0.05, 0.1) is 0 Å². The first kappa shape index (κ1) is 11.2. The lowest BCUT2D eigenvalue weighted by Crippen LogP contribution is -2.43. The summed E-state index contributed by atoms with van der Waals surface area (Å²) in [6, 6.07) is 5.94. The molecule has 1 unspecified atom stereocenters. The van der Waals surface area contributed by atoms with Crippen LogP contribution in [-0.4, -0.2) is 39.3 Å². The van der Waals surface area contributed by atoms with Crippen molar-refractivity contribution >= 4 is 5.95 Å². The summed E-state index contributed by atoms with van der Waals surface area (Å²) in [5.41, 5.74) is 6.76. The normalized spacial score (nSPS) is 20.1. The fourth-order valence-electron chi connectivity index (χ4n) is 2.20. The van der Waals surface area contributed by atoms with E-state index in [1.165, 1.54) is 0 Å². The zero-order valence-corrected chi connectivity index (χ0v) is 10.1. The number of anilines is 1. The first-order valence-corrected chi connectivity index (χ1v) is 6.17. The molecule has 6 nitrogen and oxygen atoms in total. The van der Waals surface area contributed by atoms with E-state index in [-0.39, 0.29) is 6.04 Å². The summed E-state index contributed by atoms with van der Waals surface area (Å²) in [5.74, 6) is 1.41. The number of hydrogen-bond donors (Lipinski definition) is 2. The zero-order valence-electron chi connectivity index (χ0n) is 10.1. The van der Waals surface area contributed by atoms with Gasteiger partial charge in [0, 0.05) is 25.3 Å². The van der Waals surface area contributed by atoms with Crippen LogP contribution in [0, 0.1) is 0 Å². The van der Waals surface area contributed by atoms with Gasteiger partial charge in [0.25, 0.3) is 0 Å². The number of rotatable bonds is 2. The van der Waals surface area contributed by atoms with Gasteiger partial charge in [-0.05, 0) is 25.0 Å².